The first-order chi connectivity index (χ1) is 10.2. The van der Waals surface area contributed by atoms with Gasteiger partial charge in [0.05, 0.1) is 12.2 Å². The summed E-state index contributed by atoms with van der Waals surface area (Å²) in [6.07, 6.45) is 2.95. The molecule has 0 amide bonds. The van der Waals surface area contributed by atoms with Gasteiger partial charge in [0.25, 0.3) is 0 Å². The van der Waals surface area contributed by atoms with E-state index < -0.39 is 5.97 Å². The van der Waals surface area contributed by atoms with Crippen LogP contribution in [0.1, 0.15) is 17.3 Å². The summed E-state index contributed by atoms with van der Waals surface area (Å²) in [4.78, 5) is 19.3. The van der Waals surface area contributed by atoms with Gasteiger partial charge in [-0.15, -0.1) is 0 Å². The van der Waals surface area contributed by atoms with Crippen molar-refractivity contribution in [1.82, 2.24) is 14.5 Å². The van der Waals surface area contributed by atoms with E-state index >= 15 is 0 Å². The maximum atomic E-state index is 10.9. The summed E-state index contributed by atoms with van der Waals surface area (Å²) in [5.41, 5.74) is 2.17. The highest BCUT2D eigenvalue weighted by Gasteiger charge is 2.10. The topological polar surface area (TPSA) is 77.2 Å². The van der Waals surface area contributed by atoms with E-state index in [1.807, 2.05) is 31.2 Å². The predicted octanol–water partition coefficient (Wildman–Crippen LogP) is 2.52. The second-order valence-corrected chi connectivity index (χ2v) is 4.41. The molecule has 106 valence electrons. The number of rotatable bonds is 4. The van der Waals surface area contributed by atoms with Crippen LogP contribution in [-0.4, -0.2) is 32.2 Å². The van der Waals surface area contributed by atoms with Crippen LogP contribution in [0, 0.1) is 0 Å². The molecule has 1 aromatic carbocycles. The van der Waals surface area contributed by atoms with Crippen LogP contribution in [0.25, 0.3) is 16.9 Å². The van der Waals surface area contributed by atoms with Gasteiger partial charge in [-0.05, 0) is 37.3 Å². The minimum absolute atomic E-state index is 0.124. The van der Waals surface area contributed by atoms with Gasteiger partial charge in [-0.1, -0.05) is 0 Å². The molecule has 0 unspecified atom stereocenters. The third-order valence-corrected chi connectivity index (χ3v) is 3.06. The Hall–Kier alpha value is -2.89. The first kappa shape index (κ1) is 13.1. The first-order valence-corrected chi connectivity index (χ1v) is 6.48. The molecule has 2 heterocycles. The molecule has 0 spiro atoms. The SMILES string of the molecule is CCOc1ccc(-n2cnc3cc(C(=O)O)cnc32)cc1. The first-order valence-electron chi connectivity index (χ1n) is 6.48. The number of nitrogens with zero attached hydrogens (tertiary/aromatic N) is 3. The zero-order valence-corrected chi connectivity index (χ0v) is 11.4. The molecule has 0 aliphatic rings. The lowest BCUT2D eigenvalue weighted by atomic mass is 10.2. The third kappa shape index (κ3) is 2.43. The second kappa shape index (κ2) is 5.24. The molecular formula is C15H13N3O3. The molecule has 0 fully saturated rings. The number of ether oxygens (including phenoxy) is 1. The molecule has 1 N–H and O–H groups in total. The van der Waals surface area contributed by atoms with Gasteiger partial charge < -0.3 is 9.84 Å². The van der Waals surface area contributed by atoms with E-state index in [2.05, 4.69) is 9.97 Å². The number of fused-ring (bicyclic) bond motifs is 1. The number of carboxylic acid groups (broad SMARTS) is 1. The van der Waals surface area contributed by atoms with Crippen molar-refractivity contribution in [3.63, 3.8) is 0 Å². The summed E-state index contributed by atoms with van der Waals surface area (Å²) in [6, 6.07) is 9.06. The Morgan fingerprint density at radius 3 is 2.71 bits per heavy atom. The van der Waals surface area contributed by atoms with Gasteiger partial charge in [-0.3, -0.25) is 4.57 Å². The minimum atomic E-state index is -1.01. The van der Waals surface area contributed by atoms with Crippen molar-refractivity contribution in [3.05, 3.63) is 48.4 Å². The highest BCUT2D eigenvalue weighted by Crippen LogP contribution is 2.20. The van der Waals surface area contributed by atoms with Crippen LogP contribution in [0.15, 0.2) is 42.9 Å². The molecule has 0 saturated heterocycles. The molecule has 3 rings (SSSR count). The number of carbonyl (C=O) groups is 1. The Kier molecular flexibility index (Phi) is 3.27. The quantitative estimate of drug-likeness (QED) is 0.796. The molecule has 0 aliphatic heterocycles. The van der Waals surface area contributed by atoms with E-state index in [1.54, 1.807) is 10.9 Å². The van der Waals surface area contributed by atoms with Crippen molar-refractivity contribution in [2.75, 3.05) is 6.61 Å². The van der Waals surface area contributed by atoms with Crippen molar-refractivity contribution < 1.29 is 14.6 Å². The summed E-state index contributed by atoms with van der Waals surface area (Å²) < 4.78 is 7.20. The normalized spacial score (nSPS) is 10.7. The minimum Gasteiger partial charge on any atom is -0.494 e. The molecule has 2 aromatic heterocycles. The average molecular weight is 283 g/mol. The number of aromatic carboxylic acids is 1. The fourth-order valence-electron chi connectivity index (χ4n) is 2.08. The number of hydrogen-bond acceptors (Lipinski definition) is 4. The molecule has 21 heavy (non-hydrogen) atoms. The van der Waals surface area contributed by atoms with Gasteiger partial charge in [0.1, 0.15) is 17.6 Å². The van der Waals surface area contributed by atoms with Gasteiger partial charge in [0.15, 0.2) is 5.65 Å². The third-order valence-electron chi connectivity index (χ3n) is 3.06. The van der Waals surface area contributed by atoms with Crippen LogP contribution in [0.4, 0.5) is 0 Å². The van der Waals surface area contributed by atoms with E-state index in [9.17, 15) is 4.79 Å². The molecule has 0 atom stereocenters. The molecule has 0 bridgehead atoms. The van der Waals surface area contributed by atoms with Crippen molar-refractivity contribution in [2.24, 2.45) is 0 Å². The maximum Gasteiger partial charge on any atom is 0.337 e. The Morgan fingerprint density at radius 1 is 1.29 bits per heavy atom. The van der Waals surface area contributed by atoms with Gasteiger partial charge in [0.2, 0.25) is 0 Å². The van der Waals surface area contributed by atoms with Crippen LogP contribution in [0.3, 0.4) is 0 Å². The van der Waals surface area contributed by atoms with Gasteiger partial charge in [0, 0.05) is 11.9 Å². The Bertz CT molecular complexity index is 794. The molecule has 6 nitrogen and oxygen atoms in total. The fourth-order valence-corrected chi connectivity index (χ4v) is 2.08. The van der Waals surface area contributed by atoms with Crippen LogP contribution in [0.5, 0.6) is 5.75 Å². The van der Waals surface area contributed by atoms with E-state index in [1.165, 1.54) is 12.3 Å². The summed E-state index contributed by atoms with van der Waals surface area (Å²) in [7, 11) is 0. The summed E-state index contributed by atoms with van der Waals surface area (Å²) in [5.74, 6) is -0.216. The summed E-state index contributed by atoms with van der Waals surface area (Å²) in [6.45, 7) is 2.55. The lowest BCUT2D eigenvalue weighted by molar-refractivity contribution is 0.0696. The van der Waals surface area contributed by atoms with Crippen molar-refractivity contribution in [3.8, 4) is 11.4 Å². The van der Waals surface area contributed by atoms with E-state index in [-0.39, 0.29) is 5.56 Å². The monoisotopic (exact) mass is 283 g/mol. The van der Waals surface area contributed by atoms with Gasteiger partial charge in [-0.25, -0.2) is 14.8 Å². The fraction of sp³-hybridized carbons (Fsp3) is 0.133. The number of imidazole rings is 1. The average Bonchev–Trinajstić information content (AvgIpc) is 2.91. The van der Waals surface area contributed by atoms with E-state index in [0.29, 0.717) is 17.8 Å². The van der Waals surface area contributed by atoms with E-state index in [0.717, 1.165) is 11.4 Å². The molecule has 3 aromatic rings. The smallest absolute Gasteiger partial charge is 0.337 e. The molecule has 0 aliphatic carbocycles. The standard InChI is InChI=1S/C15H13N3O3/c1-2-21-12-5-3-11(4-6-12)18-9-17-13-7-10(15(19)20)8-16-14(13)18/h3-9H,2H2,1H3,(H,19,20). The molecular weight excluding hydrogens is 270 g/mol. The number of carboxylic acids is 1. The highest BCUT2D eigenvalue weighted by atomic mass is 16.5. The van der Waals surface area contributed by atoms with Crippen molar-refractivity contribution in [2.45, 2.75) is 6.92 Å². The maximum absolute atomic E-state index is 10.9. The zero-order valence-electron chi connectivity index (χ0n) is 11.4. The number of benzene rings is 1. The highest BCUT2D eigenvalue weighted by molar-refractivity contribution is 5.91. The van der Waals surface area contributed by atoms with Crippen molar-refractivity contribution in [1.29, 1.82) is 0 Å². The summed E-state index contributed by atoms with van der Waals surface area (Å²) >= 11 is 0. The Labute approximate surface area is 120 Å². The van der Waals surface area contributed by atoms with Gasteiger partial charge in [-0.2, -0.15) is 0 Å². The van der Waals surface area contributed by atoms with Crippen LogP contribution < -0.4 is 4.74 Å². The van der Waals surface area contributed by atoms with Crippen LogP contribution >= 0.6 is 0 Å². The Morgan fingerprint density at radius 2 is 2.05 bits per heavy atom. The predicted molar refractivity (Wildman–Crippen MR) is 77.0 cm³/mol. The van der Waals surface area contributed by atoms with Gasteiger partial charge >= 0.3 is 5.97 Å². The van der Waals surface area contributed by atoms with Crippen LogP contribution in [0.2, 0.25) is 0 Å². The number of aromatic nitrogens is 3. The lowest BCUT2D eigenvalue weighted by Gasteiger charge is -2.06. The Balaban J connectivity index is 2.02. The van der Waals surface area contributed by atoms with Crippen LogP contribution in [-0.2, 0) is 0 Å². The molecule has 6 heteroatoms. The van der Waals surface area contributed by atoms with E-state index in [4.69, 9.17) is 9.84 Å². The van der Waals surface area contributed by atoms with Crippen molar-refractivity contribution >= 4 is 17.1 Å². The zero-order chi connectivity index (χ0) is 14.8. The largest absolute Gasteiger partial charge is 0.494 e. The summed E-state index contributed by atoms with van der Waals surface area (Å²) in [5, 5.41) is 8.96. The lowest BCUT2D eigenvalue weighted by Crippen LogP contribution is -1.99. The second-order valence-electron chi connectivity index (χ2n) is 4.41. The number of hydrogen-bond donors (Lipinski definition) is 1. The number of pyridine rings is 1. The molecule has 0 saturated carbocycles. The molecule has 0 radical (unpaired) electrons.